The second-order valence-electron chi connectivity index (χ2n) is 0.623. The van der Waals surface area contributed by atoms with E-state index in [4.69, 9.17) is 6.42 Å². The molecule has 0 aromatic heterocycles. The first-order valence-corrected chi connectivity index (χ1v) is 2.57. The number of azo groups is 1. The molecule has 42 valence electrons. The van der Waals surface area contributed by atoms with Gasteiger partial charge in [-0.3, -0.25) is 0 Å². The van der Waals surface area contributed by atoms with Crippen LogP contribution in [0.5, 0.6) is 0 Å². The molecule has 0 fully saturated rings. The Labute approximate surface area is 58.3 Å². The van der Waals surface area contributed by atoms with Gasteiger partial charge < -0.3 is 0 Å². The minimum absolute atomic E-state index is 1.72. The van der Waals surface area contributed by atoms with E-state index in [0.717, 1.165) is 0 Å². The Morgan fingerprint density at radius 2 is 2.00 bits per heavy atom. The number of nitrogens with zero attached hydrogens (tertiary/aromatic N) is 3. The van der Waals surface area contributed by atoms with E-state index in [1.54, 1.807) is 19.6 Å². The Bertz CT molecular complexity index is 190. The zero-order valence-electron chi connectivity index (χ0n) is 3.74. The van der Waals surface area contributed by atoms with Crippen molar-refractivity contribution >= 4 is 0 Å². The summed E-state index contributed by atoms with van der Waals surface area (Å²) in [6.45, 7) is 0. The molecular formula is C4HN3Pt. The maximum atomic E-state index is 4.70. The van der Waals surface area contributed by atoms with Crippen LogP contribution in [0.15, 0.2) is 13.7 Å². The monoisotopic (exact) mass is 286 g/mol. The van der Waals surface area contributed by atoms with Crippen LogP contribution in [0, 0.1) is 24.6 Å². The molecule has 0 bridgehead atoms. The molecule has 4 heteroatoms. The van der Waals surface area contributed by atoms with Crippen LogP contribution >= 0.6 is 0 Å². The summed E-state index contributed by atoms with van der Waals surface area (Å²) in [6.07, 6.45) is 4.70. The van der Waals surface area contributed by atoms with Crippen molar-refractivity contribution in [3.8, 4) is 24.6 Å². The summed E-state index contributed by atoms with van der Waals surface area (Å²) in [5.74, 6) is 0. The molecule has 0 atom stereocenters. The van der Waals surface area contributed by atoms with Crippen molar-refractivity contribution in [2.24, 2.45) is 13.7 Å². The van der Waals surface area contributed by atoms with Gasteiger partial charge >= 0.3 is 57.9 Å². The van der Waals surface area contributed by atoms with Gasteiger partial charge in [0.25, 0.3) is 0 Å². The van der Waals surface area contributed by atoms with Crippen LogP contribution in [-0.2, 0) is 19.6 Å². The summed E-state index contributed by atoms with van der Waals surface area (Å²) in [5.41, 5.74) is 0. The van der Waals surface area contributed by atoms with Gasteiger partial charge in [-0.05, 0) is 0 Å². The molecule has 0 rings (SSSR count). The van der Waals surface area contributed by atoms with E-state index in [0.29, 0.717) is 0 Å². The van der Waals surface area contributed by atoms with Crippen LogP contribution in [0.1, 0.15) is 0 Å². The standard InChI is InChI=1S/C4HN3.Pt/c1-2-6-7-4-3-5;/h1H;. The average Bonchev–Trinajstić information content (AvgIpc) is 1.81. The first kappa shape index (κ1) is 7.21. The molecule has 0 N–H and O–H groups in total. The summed E-state index contributed by atoms with van der Waals surface area (Å²) < 4.78 is 3.40. The number of terminal acetylenes is 1. The van der Waals surface area contributed by atoms with Crippen LogP contribution in [0.4, 0.5) is 0 Å². The summed E-state index contributed by atoms with van der Waals surface area (Å²) in [5, 5.41) is 6.33. The SMILES string of the molecule is C#CN=NC#C[N]=[Pt]. The molecule has 0 aromatic carbocycles. The molecule has 0 spiro atoms. The third-order valence-corrected chi connectivity index (χ3v) is 0.497. The molecule has 8 heavy (non-hydrogen) atoms. The zero-order valence-corrected chi connectivity index (χ0v) is 6.01. The molecular weight excluding hydrogens is 285 g/mol. The Hall–Kier alpha value is -0.792. The van der Waals surface area contributed by atoms with Crippen molar-refractivity contribution in [1.82, 2.24) is 0 Å². The van der Waals surface area contributed by atoms with Gasteiger partial charge in [0.05, 0.1) is 0 Å². The van der Waals surface area contributed by atoms with E-state index >= 15 is 0 Å². The van der Waals surface area contributed by atoms with E-state index in [-0.39, 0.29) is 0 Å². The molecule has 0 saturated carbocycles. The fourth-order valence-electron chi connectivity index (χ4n) is 0.0920. The van der Waals surface area contributed by atoms with Gasteiger partial charge in [-0.1, -0.05) is 0 Å². The fraction of sp³-hybridized carbons (Fsp3) is 0. The number of hydrogen-bond donors (Lipinski definition) is 0. The van der Waals surface area contributed by atoms with E-state index in [1.165, 1.54) is 0 Å². The topological polar surface area (TPSA) is 37.1 Å². The third kappa shape index (κ3) is 5.21. The van der Waals surface area contributed by atoms with Crippen LogP contribution in [0.2, 0.25) is 0 Å². The van der Waals surface area contributed by atoms with Crippen molar-refractivity contribution in [3.63, 3.8) is 0 Å². The summed E-state index contributed by atoms with van der Waals surface area (Å²) >= 11 is 1.72. The van der Waals surface area contributed by atoms with Crippen molar-refractivity contribution in [3.05, 3.63) is 0 Å². The predicted molar refractivity (Wildman–Crippen MR) is 23.9 cm³/mol. The fourth-order valence-corrected chi connectivity index (χ4v) is 0.206. The Kier molecular flexibility index (Phi) is 5.59. The number of hydrogen-bond acceptors (Lipinski definition) is 3. The normalized spacial score (nSPS) is 7.12. The van der Waals surface area contributed by atoms with Crippen LogP contribution in [0.3, 0.4) is 0 Å². The van der Waals surface area contributed by atoms with Gasteiger partial charge in [0.1, 0.15) is 0 Å². The van der Waals surface area contributed by atoms with Crippen LogP contribution in [-0.4, -0.2) is 0 Å². The van der Waals surface area contributed by atoms with E-state index in [1.807, 2.05) is 6.04 Å². The van der Waals surface area contributed by atoms with Crippen molar-refractivity contribution in [2.75, 3.05) is 0 Å². The molecule has 0 heterocycles. The molecule has 0 aliphatic rings. The summed E-state index contributed by atoms with van der Waals surface area (Å²) in [6, 6.07) is 6.46. The molecule has 0 aromatic rings. The molecule has 0 saturated heterocycles. The van der Waals surface area contributed by atoms with Gasteiger partial charge in [0.2, 0.25) is 0 Å². The minimum atomic E-state index is 1.72. The quantitative estimate of drug-likeness (QED) is 0.464. The first-order valence-electron chi connectivity index (χ1n) is 1.55. The molecule has 0 radical (unpaired) electrons. The van der Waals surface area contributed by atoms with Gasteiger partial charge in [0.15, 0.2) is 0 Å². The van der Waals surface area contributed by atoms with Crippen LogP contribution in [0.25, 0.3) is 0 Å². The zero-order chi connectivity index (χ0) is 6.24. The predicted octanol–water partition coefficient (Wildman–Crippen LogP) is 0.678. The molecule has 3 nitrogen and oxygen atoms in total. The van der Waals surface area contributed by atoms with Gasteiger partial charge in [-0.2, -0.15) is 0 Å². The van der Waals surface area contributed by atoms with Crippen molar-refractivity contribution in [1.29, 1.82) is 0 Å². The average molecular weight is 286 g/mol. The van der Waals surface area contributed by atoms with Crippen molar-refractivity contribution in [2.45, 2.75) is 0 Å². The molecule has 0 amide bonds. The van der Waals surface area contributed by atoms with Crippen LogP contribution < -0.4 is 0 Å². The summed E-state index contributed by atoms with van der Waals surface area (Å²) in [4.78, 5) is 0. The van der Waals surface area contributed by atoms with E-state index < -0.39 is 0 Å². The Morgan fingerprint density at radius 1 is 1.25 bits per heavy atom. The van der Waals surface area contributed by atoms with E-state index in [2.05, 4.69) is 25.8 Å². The molecule has 0 aliphatic heterocycles. The molecule has 0 unspecified atom stereocenters. The Balaban J connectivity index is 3.61. The van der Waals surface area contributed by atoms with Gasteiger partial charge in [-0.25, -0.2) is 0 Å². The van der Waals surface area contributed by atoms with Gasteiger partial charge in [0, 0.05) is 0 Å². The van der Waals surface area contributed by atoms with E-state index in [9.17, 15) is 0 Å². The van der Waals surface area contributed by atoms with Gasteiger partial charge in [-0.15, -0.1) is 0 Å². The maximum absolute atomic E-state index is 4.70. The second-order valence-corrected chi connectivity index (χ2v) is 1.13. The summed E-state index contributed by atoms with van der Waals surface area (Å²) in [7, 11) is 0. The Morgan fingerprint density at radius 3 is 2.50 bits per heavy atom. The molecule has 0 aliphatic carbocycles. The second kappa shape index (κ2) is 6.21. The number of rotatable bonds is 0. The van der Waals surface area contributed by atoms with Crippen molar-refractivity contribution < 1.29 is 19.6 Å². The first-order chi connectivity index (χ1) is 3.91. The third-order valence-electron chi connectivity index (χ3n) is 0.243.